The third-order valence-corrected chi connectivity index (χ3v) is 8.10. The Kier molecular flexibility index (Phi) is 7.93. The average Bonchev–Trinajstić information content (AvgIpc) is 2.74. The van der Waals surface area contributed by atoms with E-state index in [4.69, 9.17) is 5.11 Å². The number of aromatic hydroxyl groups is 2. The number of unbranched alkanes of at least 4 members (excludes halogenated alkanes) is 2. The highest BCUT2D eigenvalue weighted by Gasteiger charge is 2.44. The number of hydrogen-bond donors (Lipinski definition) is 3. The number of carboxylic acids is 1. The fourth-order valence-electron chi connectivity index (χ4n) is 5.07. The molecule has 3 N–H and O–H groups in total. The Morgan fingerprint density at radius 3 is 2.42 bits per heavy atom. The summed E-state index contributed by atoms with van der Waals surface area (Å²) in [6.45, 7) is 4.53. The lowest BCUT2D eigenvalue weighted by atomic mass is 9.62. The second-order valence-electron chi connectivity index (χ2n) is 8.99. The molecule has 3 unspecified atom stereocenters. The van der Waals surface area contributed by atoms with Crippen LogP contribution in [0, 0.1) is 5.92 Å². The van der Waals surface area contributed by atoms with Crippen molar-refractivity contribution in [3.05, 3.63) is 53.6 Å². The first kappa shape index (κ1) is 23.5. The van der Waals surface area contributed by atoms with Gasteiger partial charge in [0.15, 0.2) is 0 Å². The topological polar surface area (TPSA) is 77.8 Å². The summed E-state index contributed by atoms with van der Waals surface area (Å²) < 4.78 is 0. The van der Waals surface area contributed by atoms with Crippen molar-refractivity contribution < 1.29 is 20.1 Å². The maximum Gasteiger partial charge on any atom is 0.303 e. The lowest BCUT2D eigenvalue weighted by Crippen LogP contribution is -2.40. The molecular weight excluding hydrogens is 408 g/mol. The Morgan fingerprint density at radius 2 is 1.74 bits per heavy atom. The van der Waals surface area contributed by atoms with Gasteiger partial charge < -0.3 is 15.3 Å². The molecule has 4 nitrogen and oxygen atoms in total. The van der Waals surface area contributed by atoms with Crippen molar-refractivity contribution in [3.63, 3.8) is 0 Å². The quantitative estimate of drug-likeness (QED) is 0.357. The number of phenolic OH excluding ortho intramolecular Hbond substituents is 2. The monoisotopic (exact) mass is 442 g/mol. The van der Waals surface area contributed by atoms with Crippen molar-refractivity contribution in [3.8, 4) is 11.5 Å². The number of carbonyl (C=O) groups is 1. The second kappa shape index (κ2) is 10.4. The van der Waals surface area contributed by atoms with Crippen LogP contribution in [0.2, 0.25) is 0 Å². The molecule has 1 heterocycles. The molecule has 2 aromatic carbocycles. The largest absolute Gasteiger partial charge is 0.508 e. The normalized spacial score (nSPS) is 21.4. The smallest absolute Gasteiger partial charge is 0.303 e. The molecule has 2 aromatic rings. The highest BCUT2D eigenvalue weighted by Crippen LogP contribution is 2.55. The Hall–Kier alpha value is -2.14. The van der Waals surface area contributed by atoms with Crippen LogP contribution in [0.1, 0.15) is 75.8 Å². The van der Waals surface area contributed by atoms with Gasteiger partial charge in [-0.15, -0.1) is 11.8 Å². The molecule has 0 bridgehead atoms. The molecule has 1 aliphatic rings. The van der Waals surface area contributed by atoms with Gasteiger partial charge in [0, 0.05) is 22.5 Å². The molecule has 1 aliphatic heterocycles. The van der Waals surface area contributed by atoms with Crippen LogP contribution >= 0.6 is 11.8 Å². The van der Waals surface area contributed by atoms with Crippen molar-refractivity contribution in [2.45, 2.75) is 75.0 Å². The van der Waals surface area contributed by atoms with Gasteiger partial charge >= 0.3 is 5.97 Å². The summed E-state index contributed by atoms with van der Waals surface area (Å²) in [5.74, 6) is 1.44. The first-order valence-electron chi connectivity index (χ1n) is 11.3. The van der Waals surface area contributed by atoms with Crippen LogP contribution in [0.15, 0.2) is 47.4 Å². The van der Waals surface area contributed by atoms with Crippen molar-refractivity contribution >= 4 is 17.7 Å². The minimum Gasteiger partial charge on any atom is -0.508 e. The molecule has 0 amide bonds. The van der Waals surface area contributed by atoms with E-state index in [2.05, 4.69) is 19.9 Å². The van der Waals surface area contributed by atoms with E-state index in [0.717, 1.165) is 42.8 Å². The molecular formula is C26H34O4S. The van der Waals surface area contributed by atoms with E-state index in [1.165, 1.54) is 11.1 Å². The number of rotatable bonds is 10. The van der Waals surface area contributed by atoms with E-state index in [1.54, 1.807) is 30.0 Å². The van der Waals surface area contributed by atoms with E-state index in [1.807, 2.05) is 18.2 Å². The van der Waals surface area contributed by atoms with Gasteiger partial charge in [0.2, 0.25) is 0 Å². The van der Waals surface area contributed by atoms with Crippen LogP contribution in [0.4, 0.5) is 0 Å². The molecule has 3 atom stereocenters. The average molecular weight is 443 g/mol. The van der Waals surface area contributed by atoms with Crippen LogP contribution in [0.3, 0.4) is 0 Å². The summed E-state index contributed by atoms with van der Waals surface area (Å²) in [5.41, 5.74) is 2.38. The molecule has 31 heavy (non-hydrogen) atoms. The van der Waals surface area contributed by atoms with E-state index < -0.39 is 5.97 Å². The number of fused-ring (bicyclic) bond motifs is 1. The van der Waals surface area contributed by atoms with E-state index >= 15 is 0 Å². The van der Waals surface area contributed by atoms with Gasteiger partial charge in [-0.25, -0.2) is 0 Å². The lowest BCUT2D eigenvalue weighted by Gasteiger charge is -2.47. The van der Waals surface area contributed by atoms with Gasteiger partial charge in [-0.2, -0.15) is 0 Å². The summed E-state index contributed by atoms with van der Waals surface area (Å²) in [6.07, 6.45) is 6.21. The van der Waals surface area contributed by atoms with E-state index in [-0.39, 0.29) is 23.5 Å². The molecule has 0 fully saturated rings. The van der Waals surface area contributed by atoms with Crippen LogP contribution < -0.4 is 0 Å². The third-order valence-electron chi connectivity index (χ3n) is 6.69. The molecule has 5 heteroatoms. The molecule has 0 spiro atoms. The van der Waals surface area contributed by atoms with E-state index in [9.17, 15) is 15.0 Å². The van der Waals surface area contributed by atoms with E-state index in [0.29, 0.717) is 18.1 Å². The van der Waals surface area contributed by atoms with Crippen LogP contribution in [0.25, 0.3) is 0 Å². The zero-order valence-electron chi connectivity index (χ0n) is 18.5. The van der Waals surface area contributed by atoms with Crippen molar-refractivity contribution in [1.82, 2.24) is 0 Å². The molecule has 3 rings (SSSR count). The summed E-state index contributed by atoms with van der Waals surface area (Å²) in [6, 6.07) is 13.4. The summed E-state index contributed by atoms with van der Waals surface area (Å²) in [7, 11) is 0. The minimum atomic E-state index is -0.728. The number of benzene rings is 2. The highest BCUT2D eigenvalue weighted by molar-refractivity contribution is 7.99. The Bertz CT molecular complexity index is 879. The molecule has 0 aromatic heterocycles. The number of carboxylic acid groups (broad SMARTS) is 1. The standard InChI is InChI=1S/C26H34O4S/c1-3-4-7-18(8-5-6-9-24(29)30)25-22-15-14-21(28)16-23(22)31-17-26(25,2)19-10-12-20(27)13-11-19/h10-16,18,25,27-28H,3-9,17H2,1-2H3,(H,29,30). The zero-order chi connectivity index (χ0) is 22.4. The number of phenols is 2. The first-order chi connectivity index (χ1) is 14.8. The molecule has 0 radical (unpaired) electrons. The highest BCUT2D eigenvalue weighted by atomic mass is 32.2. The molecule has 0 saturated carbocycles. The number of hydrogen-bond acceptors (Lipinski definition) is 4. The predicted octanol–water partition coefficient (Wildman–Crippen LogP) is 6.70. The zero-order valence-corrected chi connectivity index (χ0v) is 19.3. The second-order valence-corrected chi connectivity index (χ2v) is 10.0. The summed E-state index contributed by atoms with van der Waals surface area (Å²) in [5, 5.41) is 28.9. The number of thioether (sulfide) groups is 1. The summed E-state index contributed by atoms with van der Waals surface area (Å²) in [4.78, 5) is 12.1. The van der Waals surface area contributed by atoms with Crippen LogP contribution in [-0.4, -0.2) is 27.0 Å². The van der Waals surface area contributed by atoms with Crippen LogP contribution in [0.5, 0.6) is 11.5 Å². The van der Waals surface area contributed by atoms with Gasteiger partial charge in [0.1, 0.15) is 11.5 Å². The van der Waals surface area contributed by atoms with Gasteiger partial charge in [-0.05, 0) is 66.5 Å². The SMILES string of the molecule is CCCCC(CCCCC(=O)O)C1c2ccc(O)cc2SCC1(C)c1ccc(O)cc1. The lowest BCUT2D eigenvalue weighted by molar-refractivity contribution is -0.137. The molecule has 168 valence electrons. The Balaban J connectivity index is 2.00. The van der Waals surface area contributed by atoms with Crippen molar-refractivity contribution in [1.29, 1.82) is 0 Å². The third kappa shape index (κ3) is 5.57. The van der Waals surface area contributed by atoms with Gasteiger partial charge in [0.25, 0.3) is 0 Å². The van der Waals surface area contributed by atoms with Crippen molar-refractivity contribution in [2.75, 3.05) is 5.75 Å². The minimum absolute atomic E-state index is 0.118. The van der Waals surface area contributed by atoms with Crippen LogP contribution in [-0.2, 0) is 10.2 Å². The summed E-state index contributed by atoms with van der Waals surface area (Å²) >= 11 is 1.79. The van der Waals surface area contributed by atoms with Gasteiger partial charge in [-0.3, -0.25) is 4.79 Å². The maximum absolute atomic E-state index is 11.0. The Morgan fingerprint density at radius 1 is 1.06 bits per heavy atom. The van der Waals surface area contributed by atoms with Gasteiger partial charge in [-0.1, -0.05) is 51.3 Å². The molecule has 0 saturated heterocycles. The fourth-order valence-corrected chi connectivity index (χ4v) is 6.44. The maximum atomic E-state index is 11.0. The Labute approximate surface area is 189 Å². The first-order valence-corrected chi connectivity index (χ1v) is 12.3. The number of aliphatic carboxylic acids is 1. The predicted molar refractivity (Wildman–Crippen MR) is 126 cm³/mol. The molecule has 0 aliphatic carbocycles. The van der Waals surface area contributed by atoms with Crippen molar-refractivity contribution in [2.24, 2.45) is 5.92 Å². The van der Waals surface area contributed by atoms with Gasteiger partial charge in [0.05, 0.1) is 0 Å². The fraction of sp³-hybridized carbons (Fsp3) is 0.500.